The zero-order valence-electron chi connectivity index (χ0n) is 20.1. The summed E-state index contributed by atoms with van der Waals surface area (Å²) in [5, 5.41) is 8.22. The Kier molecular flexibility index (Phi) is 7.45. The van der Waals surface area contributed by atoms with Crippen LogP contribution in [-0.4, -0.2) is 38.3 Å². The van der Waals surface area contributed by atoms with Gasteiger partial charge in [-0.1, -0.05) is 53.7 Å². The SMILES string of the molecule is CCOC(=O)Cn1cc(-c2ccc(C(CC(=O)c3ccnc(C)c3)c3ccccc3C)cc2)nn1. The molecule has 4 aromatic rings. The lowest BCUT2D eigenvalue weighted by Crippen LogP contribution is -2.13. The molecule has 0 saturated carbocycles. The molecule has 0 N–H and O–H groups in total. The average molecular weight is 469 g/mol. The van der Waals surface area contributed by atoms with Crippen LogP contribution in [0.1, 0.15) is 52.0 Å². The highest BCUT2D eigenvalue weighted by Gasteiger charge is 2.21. The normalized spacial score (nSPS) is 11.7. The van der Waals surface area contributed by atoms with Crippen LogP contribution >= 0.6 is 0 Å². The number of aromatic nitrogens is 4. The topological polar surface area (TPSA) is 87.0 Å². The van der Waals surface area contributed by atoms with Gasteiger partial charge in [-0.25, -0.2) is 4.68 Å². The minimum atomic E-state index is -0.352. The summed E-state index contributed by atoms with van der Waals surface area (Å²) in [5.74, 6) is -0.366. The quantitative estimate of drug-likeness (QED) is 0.256. The highest BCUT2D eigenvalue weighted by molar-refractivity contribution is 5.96. The molecule has 0 aliphatic rings. The van der Waals surface area contributed by atoms with Gasteiger partial charge in [-0.3, -0.25) is 14.6 Å². The molecule has 1 atom stereocenters. The number of ketones is 1. The number of hydrogen-bond donors (Lipinski definition) is 0. The summed E-state index contributed by atoms with van der Waals surface area (Å²) >= 11 is 0. The predicted molar refractivity (Wildman–Crippen MR) is 133 cm³/mol. The van der Waals surface area contributed by atoms with Crippen molar-refractivity contribution in [1.29, 1.82) is 0 Å². The molecule has 2 aromatic carbocycles. The highest BCUT2D eigenvalue weighted by atomic mass is 16.5. The molecule has 7 heteroatoms. The molecule has 178 valence electrons. The van der Waals surface area contributed by atoms with Crippen LogP contribution in [0.15, 0.2) is 73.1 Å². The van der Waals surface area contributed by atoms with E-state index in [1.54, 1.807) is 25.4 Å². The summed E-state index contributed by atoms with van der Waals surface area (Å²) in [6.45, 7) is 6.07. The number of ether oxygens (including phenoxy) is 1. The van der Waals surface area contributed by atoms with Gasteiger partial charge in [-0.15, -0.1) is 5.10 Å². The highest BCUT2D eigenvalue weighted by Crippen LogP contribution is 2.32. The van der Waals surface area contributed by atoms with E-state index in [0.717, 1.165) is 27.9 Å². The van der Waals surface area contributed by atoms with E-state index in [2.05, 4.69) is 34.4 Å². The van der Waals surface area contributed by atoms with Gasteiger partial charge in [-0.05, 0) is 49.6 Å². The molecule has 0 fully saturated rings. The Morgan fingerprint density at radius 3 is 2.51 bits per heavy atom. The largest absolute Gasteiger partial charge is 0.465 e. The maximum absolute atomic E-state index is 13.2. The second-order valence-electron chi connectivity index (χ2n) is 8.45. The van der Waals surface area contributed by atoms with Gasteiger partial charge in [0, 0.05) is 35.4 Å². The van der Waals surface area contributed by atoms with E-state index in [-0.39, 0.29) is 24.2 Å². The van der Waals surface area contributed by atoms with E-state index in [1.807, 2.05) is 49.4 Å². The van der Waals surface area contributed by atoms with Gasteiger partial charge in [0.25, 0.3) is 0 Å². The molecule has 2 heterocycles. The zero-order valence-corrected chi connectivity index (χ0v) is 20.1. The van der Waals surface area contributed by atoms with Gasteiger partial charge in [0.2, 0.25) is 0 Å². The molecule has 0 bridgehead atoms. The smallest absolute Gasteiger partial charge is 0.327 e. The fourth-order valence-corrected chi connectivity index (χ4v) is 4.14. The van der Waals surface area contributed by atoms with Crippen LogP contribution in [0.3, 0.4) is 0 Å². The monoisotopic (exact) mass is 468 g/mol. The molecule has 35 heavy (non-hydrogen) atoms. The van der Waals surface area contributed by atoms with Crippen molar-refractivity contribution in [2.45, 2.75) is 39.7 Å². The lowest BCUT2D eigenvalue weighted by atomic mass is 9.83. The summed E-state index contributed by atoms with van der Waals surface area (Å²) < 4.78 is 6.43. The first-order chi connectivity index (χ1) is 16.9. The minimum absolute atomic E-state index is 0.0187. The lowest BCUT2D eigenvalue weighted by Gasteiger charge is -2.20. The van der Waals surface area contributed by atoms with Crippen molar-refractivity contribution in [3.63, 3.8) is 0 Å². The number of Topliss-reactive ketones (excluding diaryl/α,β-unsaturated/α-hetero) is 1. The first-order valence-electron chi connectivity index (χ1n) is 11.6. The van der Waals surface area contributed by atoms with Crippen LogP contribution in [-0.2, 0) is 16.1 Å². The van der Waals surface area contributed by atoms with Gasteiger partial charge in [0.05, 0.1) is 12.8 Å². The molecule has 1 unspecified atom stereocenters. The van der Waals surface area contributed by atoms with Crippen LogP contribution in [0.2, 0.25) is 0 Å². The Hall–Kier alpha value is -4.13. The Labute approximate surface area is 204 Å². The molecule has 0 aliphatic heterocycles. The van der Waals surface area contributed by atoms with Crippen LogP contribution in [0.5, 0.6) is 0 Å². The first-order valence-corrected chi connectivity index (χ1v) is 11.6. The van der Waals surface area contributed by atoms with Crippen molar-refractivity contribution in [3.8, 4) is 11.3 Å². The first kappa shape index (κ1) is 24.0. The number of rotatable bonds is 9. The summed E-state index contributed by atoms with van der Waals surface area (Å²) in [6, 6.07) is 19.8. The van der Waals surface area contributed by atoms with Gasteiger partial charge >= 0.3 is 5.97 Å². The number of carbonyl (C=O) groups excluding carboxylic acids is 2. The molecule has 0 spiro atoms. The maximum Gasteiger partial charge on any atom is 0.327 e. The zero-order chi connectivity index (χ0) is 24.8. The van der Waals surface area contributed by atoms with E-state index in [4.69, 9.17) is 4.74 Å². The van der Waals surface area contributed by atoms with E-state index in [9.17, 15) is 9.59 Å². The van der Waals surface area contributed by atoms with Crippen LogP contribution in [0, 0.1) is 13.8 Å². The number of esters is 1. The number of pyridine rings is 1. The van der Waals surface area contributed by atoms with Crippen molar-refractivity contribution >= 4 is 11.8 Å². The predicted octanol–water partition coefficient (Wildman–Crippen LogP) is 4.92. The second-order valence-corrected chi connectivity index (χ2v) is 8.45. The third kappa shape index (κ3) is 5.87. The molecule has 0 radical (unpaired) electrons. The Morgan fingerprint density at radius 1 is 1.03 bits per heavy atom. The van der Waals surface area contributed by atoms with Crippen molar-refractivity contribution in [2.24, 2.45) is 0 Å². The van der Waals surface area contributed by atoms with Crippen LogP contribution < -0.4 is 0 Å². The Morgan fingerprint density at radius 2 is 1.80 bits per heavy atom. The summed E-state index contributed by atoms with van der Waals surface area (Å²) in [4.78, 5) is 29.1. The fourth-order valence-electron chi connectivity index (χ4n) is 4.14. The third-order valence-corrected chi connectivity index (χ3v) is 5.92. The third-order valence-electron chi connectivity index (χ3n) is 5.92. The van der Waals surface area contributed by atoms with Gasteiger partial charge < -0.3 is 4.74 Å². The number of aryl methyl sites for hydroxylation is 2. The van der Waals surface area contributed by atoms with Gasteiger partial charge in [0.1, 0.15) is 12.2 Å². The van der Waals surface area contributed by atoms with Gasteiger partial charge in [0.15, 0.2) is 5.78 Å². The van der Waals surface area contributed by atoms with Crippen molar-refractivity contribution < 1.29 is 14.3 Å². The molecule has 4 rings (SSSR count). The van der Waals surface area contributed by atoms with E-state index in [0.29, 0.717) is 24.3 Å². The molecule has 0 aliphatic carbocycles. The maximum atomic E-state index is 13.2. The summed E-state index contributed by atoms with van der Waals surface area (Å²) in [7, 11) is 0. The Balaban J connectivity index is 1.60. The number of hydrogen-bond acceptors (Lipinski definition) is 6. The fraction of sp³-hybridized carbons (Fsp3) is 0.250. The molecular weight excluding hydrogens is 440 g/mol. The second kappa shape index (κ2) is 10.9. The number of carbonyl (C=O) groups is 2. The summed E-state index contributed by atoms with van der Waals surface area (Å²) in [6.07, 6.45) is 3.75. The van der Waals surface area contributed by atoms with Gasteiger partial charge in [-0.2, -0.15) is 0 Å². The molecular formula is C28H28N4O3. The molecule has 2 aromatic heterocycles. The number of nitrogens with zero attached hydrogens (tertiary/aromatic N) is 4. The Bertz CT molecular complexity index is 1330. The van der Waals surface area contributed by atoms with E-state index < -0.39 is 0 Å². The molecule has 0 saturated heterocycles. The van der Waals surface area contributed by atoms with Crippen LogP contribution in [0.25, 0.3) is 11.3 Å². The van der Waals surface area contributed by atoms with E-state index in [1.165, 1.54) is 4.68 Å². The number of benzene rings is 2. The van der Waals surface area contributed by atoms with Crippen molar-refractivity contribution in [1.82, 2.24) is 20.0 Å². The molecule has 0 amide bonds. The van der Waals surface area contributed by atoms with E-state index >= 15 is 0 Å². The lowest BCUT2D eigenvalue weighted by molar-refractivity contribution is -0.144. The standard InChI is InChI=1S/C28H28N4O3/c1-4-35-28(34)18-32-17-26(30-31-32)22-11-9-21(10-12-22)25(24-8-6-5-7-19(24)2)16-27(33)23-13-14-29-20(3)15-23/h5-15,17,25H,4,16,18H2,1-3H3. The van der Waals surface area contributed by atoms with Crippen molar-refractivity contribution in [3.05, 3.63) is 101 Å². The van der Waals surface area contributed by atoms with Crippen molar-refractivity contribution in [2.75, 3.05) is 6.61 Å². The minimum Gasteiger partial charge on any atom is -0.465 e. The average Bonchev–Trinajstić information content (AvgIpc) is 3.31. The molecule has 7 nitrogen and oxygen atoms in total. The van der Waals surface area contributed by atoms with Crippen LogP contribution in [0.4, 0.5) is 0 Å². The summed E-state index contributed by atoms with van der Waals surface area (Å²) in [5.41, 5.74) is 6.35.